The number of fused-ring (bicyclic) bond motifs is 16. The molecule has 16 unspecified atom stereocenters. The number of amides is 10. The lowest BCUT2D eigenvalue weighted by Crippen LogP contribution is -2.52. The Morgan fingerprint density at radius 2 is 0.604 bits per heavy atom. The van der Waals surface area contributed by atoms with Gasteiger partial charge in [0, 0.05) is 117 Å². The van der Waals surface area contributed by atoms with E-state index in [2.05, 4.69) is 221 Å². The molecule has 0 aliphatic carbocycles. The van der Waals surface area contributed by atoms with Gasteiger partial charge in [-0.2, -0.15) is 0 Å². The van der Waals surface area contributed by atoms with E-state index in [1.165, 1.54) is 81.8 Å². The summed E-state index contributed by atoms with van der Waals surface area (Å²) in [5.74, 6) is 11.6. The van der Waals surface area contributed by atoms with Crippen LogP contribution in [0.2, 0.25) is 0 Å². The van der Waals surface area contributed by atoms with Gasteiger partial charge in [-0.3, -0.25) is 0 Å². The molecule has 16 bridgehead atoms. The van der Waals surface area contributed by atoms with Crippen LogP contribution in [0.1, 0.15) is 417 Å². The van der Waals surface area contributed by atoms with Crippen molar-refractivity contribution in [1.29, 1.82) is 0 Å². The number of unbranched alkanes of at least 4 members (excludes halogenated alkanes) is 1. The van der Waals surface area contributed by atoms with Crippen LogP contribution in [0, 0.1) is 109 Å². The van der Waals surface area contributed by atoms with Gasteiger partial charge < -0.3 is 77.8 Å². The SMILES string of the molecule is CC#CCOC(=O)N1C2CCC1CC(C(C)(C)C)C2.CC(C)(C)C1CC2CCC(C1)N2C(=O)OC(F)(F)F.CC(C)(C)C1CC2CCC(C1)N2C(=O)OCC(F)F.CCCCOC(=O)N1C2CCC1CC(C(C)(C)C)C2.CCCNC(=O)N1C2CCC1CC(C(C)(C)C)C2.CN(C)C(=O)N1C2CCC1CC(C(C)(C)C)C2.COC(=O)N1C2CCC1CC(C(C)(C)C)C2.Cc1ccc(OC(=O)N2C3CCC2CC(C(C)(C)C)C3)cc1. The number of halogens is 5. The molecule has 0 spiro atoms. The molecule has 16 aliphatic heterocycles. The van der Waals surface area contributed by atoms with Crippen molar-refractivity contribution in [2.75, 3.05) is 47.6 Å². The smallest absolute Gasteiger partial charge is 0.453 e. The molecule has 1 aromatic rings. The second-order valence-electron chi connectivity index (χ2n) is 55.9. The minimum Gasteiger partial charge on any atom is -0.453 e. The van der Waals surface area contributed by atoms with Crippen LogP contribution < -0.4 is 10.1 Å². The molecule has 149 heavy (non-hydrogen) atoms. The molecule has 850 valence electrons. The highest BCUT2D eigenvalue weighted by Crippen LogP contribution is 2.55. The number of urea groups is 2. The Hall–Kier alpha value is -7.41. The van der Waals surface area contributed by atoms with Gasteiger partial charge in [-0.1, -0.05) is 210 Å². The van der Waals surface area contributed by atoms with Crippen LogP contribution in [-0.4, -0.2) is 250 Å². The molecule has 0 radical (unpaired) electrons. The number of nitrogens with zero attached hydrogens (tertiary/aromatic N) is 9. The Bertz CT molecular complexity index is 4430. The molecule has 16 saturated heterocycles. The fourth-order valence-electron chi connectivity index (χ4n) is 27.9. The van der Waals surface area contributed by atoms with Gasteiger partial charge in [0.1, 0.15) is 5.75 Å². The maximum absolute atomic E-state index is 12.6. The van der Waals surface area contributed by atoms with Crippen molar-refractivity contribution in [3.05, 3.63) is 29.8 Å². The molecule has 1 N–H and O–H groups in total. The summed E-state index contributed by atoms with van der Waals surface area (Å²) in [5, 5.41) is 3.04. The number of benzene rings is 1. The van der Waals surface area contributed by atoms with Crippen molar-refractivity contribution in [2.45, 2.75) is 528 Å². The van der Waals surface area contributed by atoms with E-state index >= 15 is 0 Å². The fraction of sp³-hybridized carbons (Fsp3) is 0.867. The van der Waals surface area contributed by atoms with Crippen LogP contribution in [0.3, 0.4) is 0 Å². The van der Waals surface area contributed by atoms with Crippen molar-refractivity contribution >= 4 is 48.6 Å². The third-order valence-corrected chi connectivity index (χ3v) is 37.4. The molecule has 16 heterocycles. The molecule has 16 fully saturated rings. The van der Waals surface area contributed by atoms with Crippen LogP contribution >= 0.6 is 0 Å². The van der Waals surface area contributed by atoms with E-state index in [9.17, 15) is 60.3 Å². The van der Waals surface area contributed by atoms with Crippen LogP contribution in [0.4, 0.5) is 60.3 Å². The van der Waals surface area contributed by atoms with E-state index in [0.717, 1.165) is 191 Å². The molecule has 1 aromatic carbocycles. The highest BCUT2D eigenvalue weighted by atomic mass is 19.4. The lowest BCUT2D eigenvalue weighted by Gasteiger charge is -2.44. The number of alkyl halides is 5. The summed E-state index contributed by atoms with van der Waals surface area (Å²) in [6, 6.07) is 13.4. The number of carbonyl (C=O) groups is 8. The second-order valence-corrected chi connectivity index (χ2v) is 55.9. The molecular formula is C120H201F5N10O14. The first-order chi connectivity index (χ1) is 69.2. The topological polar surface area (TPSA) is 233 Å². The predicted molar refractivity (Wildman–Crippen MR) is 580 cm³/mol. The van der Waals surface area contributed by atoms with E-state index in [-0.39, 0.29) is 78.0 Å². The van der Waals surface area contributed by atoms with Crippen molar-refractivity contribution in [3.63, 3.8) is 0 Å². The van der Waals surface area contributed by atoms with Gasteiger partial charge in [-0.25, -0.2) is 47.1 Å². The Balaban J connectivity index is 0.000000174. The van der Waals surface area contributed by atoms with Gasteiger partial charge in [0.25, 0.3) is 6.43 Å². The Kier molecular flexibility index (Phi) is 42.7. The van der Waals surface area contributed by atoms with Crippen LogP contribution in [0.5, 0.6) is 5.75 Å². The van der Waals surface area contributed by atoms with Crippen molar-refractivity contribution in [1.82, 2.24) is 49.4 Å². The molecule has 10 amide bonds. The molecule has 16 aliphatic rings. The molecule has 24 nitrogen and oxygen atoms in total. The summed E-state index contributed by atoms with van der Waals surface area (Å²) < 4.78 is 90.0. The summed E-state index contributed by atoms with van der Waals surface area (Å²) in [5.41, 5.74) is 3.69. The first-order valence-corrected chi connectivity index (χ1v) is 57.8. The first-order valence-electron chi connectivity index (χ1n) is 57.8. The number of piperidine rings is 8. The number of nitrogens with one attached hydrogen (secondary N) is 1. The second kappa shape index (κ2) is 51.5. The van der Waals surface area contributed by atoms with E-state index in [0.29, 0.717) is 141 Å². The minimum absolute atomic E-state index is 0.0618. The lowest BCUT2D eigenvalue weighted by molar-refractivity contribution is -0.296. The van der Waals surface area contributed by atoms with Crippen molar-refractivity contribution in [2.24, 2.45) is 90.7 Å². The van der Waals surface area contributed by atoms with Gasteiger partial charge in [0.05, 0.1) is 13.7 Å². The Morgan fingerprint density at radius 3 is 0.846 bits per heavy atom. The molecule has 29 heteroatoms. The van der Waals surface area contributed by atoms with Crippen molar-refractivity contribution < 1.29 is 88.7 Å². The summed E-state index contributed by atoms with van der Waals surface area (Å²) >= 11 is 0. The standard InChI is InChI=1S/C19H27NO2.C16H29NO2.C16H25NO2.C15H28N2O.C14H23F2NO2.C14H26N2O.C13H20F3NO2.C13H23NO2/c1-13-5-9-17(10-6-13)22-18(21)20-15-7-8-16(20)12-14(11-15)19(2,3)4;2*1-5-6-9-19-15(18)17-13-7-8-14(17)11-12(10-13)16(2,3)4;1-5-8-16-14(18)17-12-6-7-13(17)10-11(9-12)15(2,3)4;1-14(2,3)9-6-10-4-5-11(7-9)17(10)13(18)19-8-12(15)16;1-14(2,3)10-8-11-6-7-12(9-10)16(11)13(17)15(4)5;1-12(2,3)8-6-9-4-5-10(7-8)17(9)11(18)19-13(14,15)16;1-13(2,3)9-7-10-5-6-11(8-9)14(10)12(15)16-4/h5-6,9-10,14-16H,7-8,11-12H2,1-4H3;12-14H,5-11H2,1-4H3;12-14H,7-11H2,1-4H3;11-13H,5-10H2,1-4H3,(H,16,18);9-12H,4-8H2,1-3H3;10-12H,6-9H2,1-5H3;8-10H,4-7H2,1-3H3;9-11H,5-8H2,1-4H3. The maximum atomic E-state index is 12.6. The number of hydrogen-bond donors (Lipinski definition) is 1. The van der Waals surface area contributed by atoms with Gasteiger partial charge >= 0.3 is 55.0 Å². The van der Waals surface area contributed by atoms with Crippen LogP contribution in [0.25, 0.3) is 0 Å². The number of ether oxygens (including phenoxy) is 6. The number of carbonyl (C=O) groups excluding carboxylic acids is 8. The molecule has 16 atom stereocenters. The summed E-state index contributed by atoms with van der Waals surface area (Å²) in [4.78, 5) is 114. The summed E-state index contributed by atoms with van der Waals surface area (Å²) in [6.45, 7) is 63.7. The van der Waals surface area contributed by atoms with Gasteiger partial charge in [0.15, 0.2) is 13.2 Å². The number of rotatable bonds is 9. The zero-order chi connectivity index (χ0) is 111. The summed E-state index contributed by atoms with van der Waals surface area (Å²) in [7, 11) is 5.20. The lowest BCUT2D eigenvalue weighted by atomic mass is 9.73. The molecule has 0 aromatic heterocycles. The van der Waals surface area contributed by atoms with Gasteiger partial charge in [0.2, 0.25) is 0 Å². The zero-order valence-corrected chi connectivity index (χ0v) is 98.0. The number of hydrogen-bond acceptors (Lipinski definition) is 14. The Morgan fingerprint density at radius 1 is 0.356 bits per heavy atom. The first kappa shape index (κ1) is 123. The van der Waals surface area contributed by atoms with Gasteiger partial charge in [-0.05, 0) is 335 Å². The normalized spacial score (nSPS) is 30.9. The zero-order valence-electron chi connectivity index (χ0n) is 98.0. The highest BCUT2D eigenvalue weighted by Gasteiger charge is 2.56. The maximum Gasteiger partial charge on any atom is 0.576 e. The average Bonchev–Trinajstić information content (AvgIpc) is 1.96. The minimum atomic E-state index is -4.89. The number of methoxy groups -OCH3 is 1. The molecule has 17 rings (SSSR count). The predicted octanol–water partition coefficient (Wildman–Crippen LogP) is 29.4. The quantitative estimate of drug-likeness (QED) is 0.105. The highest BCUT2D eigenvalue weighted by molar-refractivity contribution is 5.77. The molecule has 0 saturated carbocycles. The Labute approximate surface area is 895 Å². The van der Waals surface area contributed by atoms with E-state index < -0.39 is 31.6 Å². The molecular weight excluding hydrogens is 1900 g/mol. The fourth-order valence-corrected chi connectivity index (χ4v) is 27.9. The van der Waals surface area contributed by atoms with E-state index in [1.54, 1.807) is 16.7 Å². The van der Waals surface area contributed by atoms with Crippen molar-refractivity contribution in [3.8, 4) is 17.6 Å². The monoisotopic (exact) mass is 2100 g/mol. The van der Waals surface area contributed by atoms with E-state index in [4.69, 9.17) is 18.9 Å². The van der Waals surface area contributed by atoms with Gasteiger partial charge in [-0.15, -0.1) is 19.1 Å². The average molecular weight is 2100 g/mol. The number of aryl methyl sites for hydroxylation is 1. The van der Waals surface area contributed by atoms with Crippen LogP contribution in [-0.2, 0) is 23.7 Å². The summed E-state index contributed by atoms with van der Waals surface area (Å²) in [6.07, 6.45) is 28.1. The largest absolute Gasteiger partial charge is 0.576 e. The third kappa shape index (κ3) is 33.3. The van der Waals surface area contributed by atoms with Crippen LogP contribution in [0.15, 0.2) is 24.3 Å². The third-order valence-electron chi connectivity index (χ3n) is 37.4. The van der Waals surface area contributed by atoms with E-state index in [1.807, 2.05) is 60.0 Å².